The van der Waals surface area contributed by atoms with Crippen LogP contribution in [0.25, 0.3) is 22.1 Å². The lowest BCUT2D eigenvalue weighted by Crippen LogP contribution is -2.36. The van der Waals surface area contributed by atoms with Crippen LogP contribution < -0.4 is 26.1 Å². The van der Waals surface area contributed by atoms with Crippen molar-refractivity contribution in [3.8, 4) is 11.5 Å². The topological polar surface area (TPSA) is 210 Å². The van der Waals surface area contributed by atoms with Gasteiger partial charge < -0.3 is 29.9 Å². The van der Waals surface area contributed by atoms with E-state index in [1.807, 2.05) is 91.0 Å². The number of aromatic hydroxyl groups is 2. The molecule has 57 heavy (non-hydrogen) atoms. The molecule has 0 radical (unpaired) electrons. The molecule has 3 aromatic carbocycles. The first-order valence-electron chi connectivity index (χ1n) is 17.6. The number of aryl methyl sites for hydroxylation is 2. The molecule has 0 aliphatic heterocycles. The number of benzene rings is 3. The first-order chi connectivity index (χ1) is 27.6. The van der Waals surface area contributed by atoms with Crippen molar-refractivity contribution in [2.45, 2.75) is 40.5 Å². The Morgan fingerprint density at radius 3 is 1.51 bits per heavy atom. The Morgan fingerprint density at radius 1 is 0.632 bits per heavy atom. The predicted octanol–water partition coefficient (Wildman–Crippen LogP) is 3.98. The second kappa shape index (κ2) is 17.7. The minimum atomic E-state index is -0.933. The summed E-state index contributed by atoms with van der Waals surface area (Å²) in [4.78, 5) is 78.5. The standard InChI is InChI=1S/C23H20N4O4.C18H17N3O5/c1-15-18-20(28)19(22(29)24-12-16-8-4-2-5-9-16)23(30)27(21(18)26-14-25-15)31-13-17-10-6-3-7-11-17;1-3-25-18(24)14-15(22)13-11(2)19-10-20-16(13)21(17(14)23)26-9-12-7-5-4-6-8-12/h2-11,14,28H,12-13H2,1H3,(H,24,29);4-8,10,22H,3,9H2,1-2H3. The number of carbonyl (C=O) groups excluding carboxylic acids is 2. The number of pyridine rings is 2. The van der Waals surface area contributed by atoms with Crippen LogP contribution in [0.3, 0.4) is 0 Å². The van der Waals surface area contributed by atoms with Crippen LogP contribution in [0.5, 0.6) is 11.5 Å². The molecular formula is C41H37N7O9. The van der Waals surface area contributed by atoms with Crippen molar-refractivity contribution in [1.29, 1.82) is 0 Å². The minimum Gasteiger partial charge on any atom is -0.506 e. The second-order valence-electron chi connectivity index (χ2n) is 12.4. The van der Waals surface area contributed by atoms with Gasteiger partial charge in [0.05, 0.1) is 28.8 Å². The van der Waals surface area contributed by atoms with Gasteiger partial charge in [0.25, 0.3) is 5.91 Å². The number of nitrogens with one attached hydrogen (secondary N) is 1. The number of amides is 1. The van der Waals surface area contributed by atoms with Gasteiger partial charge in [0.2, 0.25) is 0 Å². The Morgan fingerprint density at radius 2 is 1.05 bits per heavy atom. The van der Waals surface area contributed by atoms with E-state index in [0.29, 0.717) is 11.4 Å². The highest BCUT2D eigenvalue weighted by Gasteiger charge is 2.27. The summed E-state index contributed by atoms with van der Waals surface area (Å²) in [7, 11) is 0. The first-order valence-corrected chi connectivity index (χ1v) is 17.6. The third kappa shape index (κ3) is 8.54. The van der Waals surface area contributed by atoms with Crippen molar-refractivity contribution in [3.63, 3.8) is 0 Å². The van der Waals surface area contributed by atoms with E-state index >= 15 is 0 Å². The number of rotatable bonds is 11. The van der Waals surface area contributed by atoms with Gasteiger partial charge in [0.1, 0.15) is 37.4 Å². The first kappa shape index (κ1) is 39.1. The fraction of sp³-hybridized carbons (Fsp3) is 0.171. The largest absolute Gasteiger partial charge is 0.506 e. The van der Waals surface area contributed by atoms with Crippen molar-refractivity contribution in [2.75, 3.05) is 6.61 Å². The molecule has 16 nitrogen and oxygen atoms in total. The van der Waals surface area contributed by atoms with E-state index in [1.165, 1.54) is 12.7 Å². The molecule has 0 spiro atoms. The van der Waals surface area contributed by atoms with Crippen LogP contribution in [0.4, 0.5) is 0 Å². The van der Waals surface area contributed by atoms with Crippen molar-refractivity contribution in [1.82, 2.24) is 34.7 Å². The Bertz CT molecular complexity index is 2670. The molecule has 0 atom stereocenters. The van der Waals surface area contributed by atoms with Gasteiger partial charge in [-0.25, -0.2) is 24.7 Å². The zero-order chi connectivity index (χ0) is 40.5. The molecular weight excluding hydrogens is 734 g/mol. The quantitative estimate of drug-likeness (QED) is 0.159. The fourth-order valence-corrected chi connectivity index (χ4v) is 5.76. The van der Waals surface area contributed by atoms with Crippen molar-refractivity contribution in [3.05, 3.63) is 164 Å². The number of nitrogens with zero attached hydrogens (tertiary/aromatic N) is 6. The van der Waals surface area contributed by atoms with Crippen LogP contribution in [-0.4, -0.2) is 58.1 Å². The molecule has 1 amide bonds. The zero-order valence-electron chi connectivity index (χ0n) is 31.1. The van der Waals surface area contributed by atoms with Crippen LogP contribution in [0, 0.1) is 13.8 Å². The molecule has 4 heterocycles. The maximum atomic E-state index is 13.1. The highest BCUT2D eigenvalue weighted by Crippen LogP contribution is 2.28. The SMILES string of the molecule is CCOC(=O)c1c(O)c2c(C)ncnc2n(OCc2ccccc2)c1=O.Cc1ncnc2c1c(O)c(C(=O)NCc1ccccc1)c(=O)n2OCc1ccccc1. The average Bonchev–Trinajstić information content (AvgIpc) is 3.21. The monoisotopic (exact) mass is 771 g/mol. The molecule has 0 aliphatic rings. The van der Waals surface area contributed by atoms with Crippen molar-refractivity contribution < 1.29 is 34.2 Å². The van der Waals surface area contributed by atoms with E-state index < -0.39 is 45.6 Å². The van der Waals surface area contributed by atoms with E-state index in [-0.39, 0.29) is 48.4 Å². The van der Waals surface area contributed by atoms with Crippen LogP contribution in [0.15, 0.2) is 113 Å². The number of esters is 1. The van der Waals surface area contributed by atoms with Gasteiger partial charge in [-0.3, -0.25) is 14.4 Å². The van der Waals surface area contributed by atoms with Gasteiger partial charge in [-0.1, -0.05) is 91.0 Å². The predicted molar refractivity (Wildman–Crippen MR) is 207 cm³/mol. The fourth-order valence-electron chi connectivity index (χ4n) is 5.76. The summed E-state index contributed by atoms with van der Waals surface area (Å²) >= 11 is 0. The highest BCUT2D eigenvalue weighted by molar-refractivity contribution is 6.02. The van der Waals surface area contributed by atoms with Gasteiger partial charge in [-0.05, 0) is 37.5 Å². The number of hydrogen-bond acceptors (Lipinski definition) is 13. The summed E-state index contributed by atoms with van der Waals surface area (Å²) in [5, 5.41) is 24.3. The average molecular weight is 772 g/mol. The zero-order valence-corrected chi connectivity index (χ0v) is 31.1. The van der Waals surface area contributed by atoms with Crippen LogP contribution in [0.2, 0.25) is 0 Å². The Kier molecular flexibility index (Phi) is 12.1. The van der Waals surface area contributed by atoms with Crippen molar-refractivity contribution in [2.24, 2.45) is 0 Å². The second-order valence-corrected chi connectivity index (χ2v) is 12.4. The molecule has 4 aromatic heterocycles. The lowest BCUT2D eigenvalue weighted by molar-refractivity contribution is 0.0507. The molecule has 7 rings (SSSR count). The van der Waals surface area contributed by atoms with Gasteiger partial charge in [-0.15, -0.1) is 9.46 Å². The van der Waals surface area contributed by atoms with Gasteiger partial charge in [0.15, 0.2) is 22.4 Å². The van der Waals surface area contributed by atoms with Gasteiger partial charge in [-0.2, -0.15) is 0 Å². The Labute approximate surface area is 324 Å². The van der Waals surface area contributed by atoms with E-state index in [9.17, 15) is 29.4 Å². The molecule has 0 aliphatic carbocycles. The van der Waals surface area contributed by atoms with Crippen LogP contribution in [-0.2, 0) is 24.5 Å². The number of fused-ring (bicyclic) bond motifs is 2. The molecule has 16 heteroatoms. The Balaban J connectivity index is 0.000000196. The number of hydrogen-bond donors (Lipinski definition) is 3. The third-order valence-corrected chi connectivity index (χ3v) is 8.57. The maximum Gasteiger partial charge on any atom is 0.347 e. The summed E-state index contributed by atoms with van der Waals surface area (Å²) in [5.41, 5.74) is 0.907. The van der Waals surface area contributed by atoms with E-state index in [2.05, 4.69) is 25.3 Å². The van der Waals surface area contributed by atoms with Crippen LogP contribution in [0.1, 0.15) is 55.7 Å². The smallest absolute Gasteiger partial charge is 0.347 e. The van der Waals surface area contributed by atoms with Crippen molar-refractivity contribution >= 4 is 33.9 Å². The number of aromatic nitrogens is 6. The van der Waals surface area contributed by atoms with E-state index in [1.54, 1.807) is 20.8 Å². The third-order valence-electron chi connectivity index (χ3n) is 8.57. The molecule has 3 N–H and O–H groups in total. The molecule has 7 aromatic rings. The van der Waals surface area contributed by atoms with Crippen LogP contribution >= 0.6 is 0 Å². The molecule has 0 bridgehead atoms. The summed E-state index contributed by atoms with van der Waals surface area (Å²) in [6, 6.07) is 27.7. The summed E-state index contributed by atoms with van der Waals surface area (Å²) < 4.78 is 6.72. The molecule has 290 valence electrons. The molecule has 0 saturated carbocycles. The normalized spacial score (nSPS) is 10.7. The summed E-state index contributed by atoms with van der Waals surface area (Å²) in [6.45, 7) is 5.30. The molecule has 0 unspecified atom stereocenters. The molecule has 0 saturated heterocycles. The number of carbonyl (C=O) groups is 2. The lowest BCUT2D eigenvalue weighted by Gasteiger charge is -2.15. The lowest BCUT2D eigenvalue weighted by atomic mass is 10.1. The van der Waals surface area contributed by atoms with Gasteiger partial charge in [0, 0.05) is 6.54 Å². The Hall–Kier alpha value is -7.62. The number of ether oxygens (including phenoxy) is 1. The van der Waals surface area contributed by atoms with Gasteiger partial charge >= 0.3 is 17.1 Å². The maximum absolute atomic E-state index is 13.1. The summed E-state index contributed by atoms with van der Waals surface area (Å²) in [6.07, 6.45) is 2.52. The summed E-state index contributed by atoms with van der Waals surface area (Å²) in [5.74, 6) is -2.63. The van der Waals surface area contributed by atoms with E-state index in [4.69, 9.17) is 14.4 Å². The molecule has 0 fully saturated rings. The van der Waals surface area contributed by atoms with E-state index in [0.717, 1.165) is 26.2 Å². The highest BCUT2D eigenvalue weighted by atomic mass is 16.7. The minimum absolute atomic E-state index is 0.0604.